The first-order valence-corrected chi connectivity index (χ1v) is 9.64. The number of nitrogens with one attached hydrogen (secondary N) is 2. The fourth-order valence-corrected chi connectivity index (χ4v) is 3.91. The molecule has 0 aromatic carbocycles. The topological polar surface area (TPSA) is 102 Å². The number of urea groups is 1. The number of carboxylic acid groups (broad SMARTS) is 1. The molecule has 1 aliphatic carbocycles. The lowest BCUT2D eigenvalue weighted by Crippen LogP contribution is -2.54. The lowest BCUT2D eigenvalue weighted by Gasteiger charge is -2.38. The minimum Gasteiger partial charge on any atom is -0.480 e. The molecule has 148 valence electrons. The molecule has 26 heavy (non-hydrogen) atoms. The summed E-state index contributed by atoms with van der Waals surface area (Å²) in [5.74, 6) is -1.11. The van der Waals surface area contributed by atoms with E-state index >= 15 is 0 Å². The van der Waals surface area contributed by atoms with Crippen molar-refractivity contribution in [2.24, 2.45) is 0 Å². The maximum absolute atomic E-state index is 12.4. The van der Waals surface area contributed by atoms with Gasteiger partial charge in [0.25, 0.3) is 0 Å². The molecule has 2 rings (SSSR count). The van der Waals surface area contributed by atoms with Gasteiger partial charge in [0.1, 0.15) is 0 Å². The van der Waals surface area contributed by atoms with E-state index in [0.29, 0.717) is 13.1 Å². The van der Waals surface area contributed by atoms with Crippen LogP contribution in [0.15, 0.2) is 0 Å². The lowest BCUT2D eigenvalue weighted by molar-refractivity contribution is -0.138. The number of carboxylic acids is 1. The van der Waals surface area contributed by atoms with E-state index in [2.05, 4.69) is 10.6 Å². The zero-order chi connectivity index (χ0) is 19.1. The molecule has 2 fully saturated rings. The monoisotopic (exact) mass is 368 g/mol. The number of hydrogen-bond donors (Lipinski definition) is 3. The summed E-state index contributed by atoms with van der Waals surface area (Å²) in [5, 5.41) is 14.2. The second kappa shape index (κ2) is 9.87. The van der Waals surface area contributed by atoms with Gasteiger partial charge >= 0.3 is 12.0 Å². The van der Waals surface area contributed by atoms with Crippen molar-refractivity contribution in [3.8, 4) is 0 Å². The highest BCUT2D eigenvalue weighted by Gasteiger charge is 2.29. The van der Waals surface area contributed by atoms with Crippen molar-refractivity contribution < 1.29 is 19.5 Å². The highest BCUT2D eigenvalue weighted by Crippen LogP contribution is 2.18. The SMILES string of the molecule is CC(C(=O)NC(=O)NC1CCCCC1)N1CCC(N(C)CC(=O)O)CC1. The Balaban J connectivity index is 1.72. The van der Waals surface area contributed by atoms with Gasteiger partial charge in [0, 0.05) is 25.2 Å². The number of piperidine rings is 1. The van der Waals surface area contributed by atoms with Gasteiger partial charge in [0.05, 0.1) is 12.6 Å². The van der Waals surface area contributed by atoms with E-state index in [-0.39, 0.29) is 30.6 Å². The smallest absolute Gasteiger partial charge is 0.321 e. The Morgan fingerprint density at radius 3 is 2.31 bits per heavy atom. The Morgan fingerprint density at radius 2 is 1.73 bits per heavy atom. The van der Waals surface area contributed by atoms with Crippen LogP contribution in [0.2, 0.25) is 0 Å². The number of likely N-dealkylation sites (tertiary alicyclic amines) is 1. The normalized spacial score (nSPS) is 21.3. The second-order valence-corrected chi connectivity index (χ2v) is 7.55. The van der Waals surface area contributed by atoms with Crippen LogP contribution in [0.4, 0.5) is 4.79 Å². The molecule has 1 heterocycles. The van der Waals surface area contributed by atoms with Gasteiger partial charge in [-0.25, -0.2) is 4.79 Å². The maximum atomic E-state index is 12.4. The maximum Gasteiger partial charge on any atom is 0.321 e. The first-order chi connectivity index (χ1) is 12.4. The van der Waals surface area contributed by atoms with Crippen molar-refractivity contribution in [1.82, 2.24) is 20.4 Å². The van der Waals surface area contributed by atoms with E-state index in [1.54, 1.807) is 0 Å². The van der Waals surface area contributed by atoms with Crippen LogP contribution in [0.3, 0.4) is 0 Å². The molecule has 3 amide bonds. The van der Waals surface area contributed by atoms with E-state index < -0.39 is 12.0 Å². The number of amides is 3. The third-order valence-corrected chi connectivity index (χ3v) is 5.61. The average molecular weight is 368 g/mol. The number of likely N-dealkylation sites (N-methyl/N-ethyl adjacent to an activating group) is 1. The molecule has 0 radical (unpaired) electrons. The third-order valence-electron chi connectivity index (χ3n) is 5.61. The van der Waals surface area contributed by atoms with Gasteiger partial charge < -0.3 is 10.4 Å². The summed E-state index contributed by atoms with van der Waals surface area (Å²) in [7, 11) is 1.82. The molecular formula is C18H32N4O4. The Kier molecular flexibility index (Phi) is 7.84. The van der Waals surface area contributed by atoms with E-state index in [9.17, 15) is 14.4 Å². The molecule has 0 bridgehead atoms. The van der Waals surface area contributed by atoms with Gasteiger partial charge in [-0.1, -0.05) is 19.3 Å². The third kappa shape index (κ3) is 6.25. The molecule has 3 N–H and O–H groups in total. The van der Waals surface area contributed by atoms with Crippen LogP contribution < -0.4 is 10.6 Å². The summed E-state index contributed by atoms with van der Waals surface area (Å²) in [6.07, 6.45) is 7.06. The Bertz CT molecular complexity index is 499. The molecule has 1 saturated carbocycles. The zero-order valence-electron chi connectivity index (χ0n) is 15.9. The minimum atomic E-state index is -0.827. The van der Waals surface area contributed by atoms with Gasteiger partial charge in [-0.15, -0.1) is 0 Å². The fourth-order valence-electron chi connectivity index (χ4n) is 3.91. The van der Waals surface area contributed by atoms with Crippen LogP contribution in [-0.4, -0.2) is 77.6 Å². The fraction of sp³-hybridized carbons (Fsp3) is 0.833. The predicted molar refractivity (Wildman–Crippen MR) is 97.9 cm³/mol. The van der Waals surface area contributed by atoms with Crippen molar-refractivity contribution in [2.75, 3.05) is 26.7 Å². The van der Waals surface area contributed by atoms with Crippen molar-refractivity contribution >= 4 is 17.9 Å². The van der Waals surface area contributed by atoms with Gasteiger partial charge in [-0.05, 0) is 39.7 Å². The number of imide groups is 1. The quantitative estimate of drug-likeness (QED) is 0.647. The van der Waals surface area contributed by atoms with Crippen LogP contribution in [0.25, 0.3) is 0 Å². The standard InChI is InChI=1S/C18H32N4O4/c1-13(17(25)20-18(26)19-14-6-4-3-5-7-14)22-10-8-15(9-11-22)21(2)12-16(23)24/h13-15H,3-12H2,1-2H3,(H,23,24)(H2,19,20,25,26). The first kappa shape index (κ1) is 20.6. The summed E-state index contributed by atoms with van der Waals surface area (Å²) >= 11 is 0. The molecule has 0 aromatic rings. The number of carbonyl (C=O) groups is 3. The molecular weight excluding hydrogens is 336 g/mol. The van der Waals surface area contributed by atoms with Crippen molar-refractivity contribution in [3.63, 3.8) is 0 Å². The Labute approximate surface area is 155 Å². The zero-order valence-corrected chi connectivity index (χ0v) is 15.9. The van der Waals surface area contributed by atoms with Crippen LogP contribution in [0, 0.1) is 0 Å². The van der Waals surface area contributed by atoms with Crippen molar-refractivity contribution in [2.45, 2.75) is 70.0 Å². The van der Waals surface area contributed by atoms with Crippen molar-refractivity contribution in [3.05, 3.63) is 0 Å². The van der Waals surface area contributed by atoms with E-state index in [1.165, 1.54) is 6.42 Å². The number of carbonyl (C=O) groups excluding carboxylic acids is 2. The molecule has 0 aromatic heterocycles. The summed E-state index contributed by atoms with van der Waals surface area (Å²) in [5.41, 5.74) is 0. The van der Waals surface area contributed by atoms with Crippen LogP contribution in [0.1, 0.15) is 51.9 Å². The number of aliphatic carboxylic acids is 1. The molecule has 1 atom stereocenters. The number of rotatable bonds is 6. The van der Waals surface area contributed by atoms with Crippen LogP contribution in [-0.2, 0) is 9.59 Å². The second-order valence-electron chi connectivity index (χ2n) is 7.55. The number of nitrogens with zero attached hydrogens (tertiary/aromatic N) is 2. The summed E-state index contributed by atoms with van der Waals surface area (Å²) in [4.78, 5) is 39.1. The number of hydrogen-bond acceptors (Lipinski definition) is 5. The molecule has 1 aliphatic heterocycles. The molecule has 1 unspecified atom stereocenters. The largest absolute Gasteiger partial charge is 0.480 e. The van der Waals surface area contributed by atoms with Crippen LogP contribution >= 0.6 is 0 Å². The molecule has 1 saturated heterocycles. The van der Waals surface area contributed by atoms with Gasteiger partial charge in [-0.2, -0.15) is 0 Å². The summed E-state index contributed by atoms with van der Waals surface area (Å²) in [6, 6.07) is -0.387. The first-order valence-electron chi connectivity index (χ1n) is 9.64. The lowest BCUT2D eigenvalue weighted by atomic mass is 9.96. The van der Waals surface area contributed by atoms with Gasteiger partial charge in [0.2, 0.25) is 5.91 Å². The van der Waals surface area contributed by atoms with Gasteiger partial charge in [-0.3, -0.25) is 24.7 Å². The van der Waals surface area contributed by atoms with E-state index in [1.807, 2.05) is 23.8 Å². The van der Waals surface area contributed by atoms with Gasteiger partial charge in [0.15, 0.2) is 0 Å². The Hall–Kier alpha value is -1.67. The predicted octanol–water partition coefficient (Wildman–Crippen LogP) is 1.01. The molecule has 0 spiro atoms. The molecule has 8 heteroatoms. The minimum absolute atomic E-state index is 0.0298. The summed E-state index contributed by atoms with van der Waals surface area (Å²) in [6.45, 7) is 3.27. The molecule has 8 nitrogen and oxygen atoms in total. The van der Waals surface area contributed by atoms with E-state index in [0.717, 1.165) is 38.5 Å². The molecule has 2 aliphatic rings. The highest BCUT2D eigenvalue weighted by molar-refractivity contribution is 5.96. The van der Waals surface area contributed by atoms with E-state index in [4.69, 9.17) is 5.11 Å². The van der Waals surface area contributed by atoms with Crippen molar-refractivity contribution in [1.29, 1.82) is 0 Å². The highest BCUT2D eigenvalue weighted by atomic mass is 16.4. The van der Waals surface area contributed by atoms with Crippen LogP contribution in [0.5, 0.6) is 0 Å². The Morgan fingerprint density at radius 1 is 1.12 bits per heavy atom. The average Bonchev–Trinajstić information content (AvgIpc) is 2.61. The summed E-state index contributed by atoms with van der Waals surface area (Å²) < 4.78 is 0.